The van der Waals surface area contributed by atoms with E-state index in [1.165, 1.54) is 18.7 Å². The van der Waals surface area contributed by atoms with Crippen molar-refractivity contribution in [3.8, 4) is 0 Å². The minimum atomic E-state index is -0.540. The predicted molar refractivity (Wildman–Crippen MR) is 113 cm³/mol. The van der Waals surface area contributed by atoms with Crippen LogP contribution in [0.2, 0.25) is 0 Å². The second kappa shape index (κ2) is 7.53. The standard InChI is InChI=1S/C21H24N6O4/c1-11-5-7-12(8-6-11)17-13(9-15(28)25(17)2)19(29)22-10-14-23-16-18(24-14)26(3)21(31)27(4)20(16)30/h5-8,13,17H,9-10H2,1-4H3,(H,22,29)(H,23,24). The quantitative estimate of drug-likeness (QED) is 0.615. The van der Waals surface area contributed by atoms with Gasteiger partial charge in [0.25, 0.3) is 5.56 Å². The summed E-state index contributed by atoms with van der Waals surface area (Å²) in [6.45, 7) is 2.02. The fourth-order valence-electron chi connectivity index (χ4n) is 4.08. The van der Waals surface area contributed by atoms with Gasteiger partial charge in [-0.2, -0.15) is 0 Å². The Hall–Kier alpha value is -3.69. The summed E-state index contributed by atoms with van der Waals surface area (Å²) in [5.41, 5.74) is 1.47. The molecule has 1 aliphatic heterocycles. The Kier molecular flexibility index (Phi) is 5.00. The number of carbonyl (C=O) groups is 2. The van der Waals surface area contributed by atoms with Crippen LogP contribution in [-0.4, -0.2) is 42.9 Å². The summed E-state index contributed by atoms with van der Waals surface area (Å²) in [5, 5.41) is 2.81. The molecule has 162 valence electrons. The van der Waals surface area contributed by atoms with Crippen molar-refractivity contribution in [1.82, 2.24) is 29.3 Å². The summed E-state index contributed by atoms with van der Waals surface area (Å²) in [7, 11) is 4.63. The molecule has 1 saturated heterocycles. The number of aromatic nitrogens is 4. The molecular formula is C21H24N6O4. The molecule has 2 unspecified atom stereocenters. The van der Waals surface area contributed by atoms with Crippen LogP contribution < -0.4 is 16.6 Å². The van der Waals surface area contributed by atoms with Crippen LogP contribution >= 0.6 is 0 Å². The second-order valence-corrected chi connectivity index (χ2v) is 7.98. The smallest absolute Gasteiger partial charge is 0.332 e. The van der Waals surface area contributed by atoms with Crippen molar-refractivity contribution in [3.05, 3.63) is 62.1 Å². The van der Waals surface area contributed by atoms with Crippen LogP contribution in [0, 0.1) is 12.8 Å². The molecule has 0 bridgehead atoms. The topological polar surface area (TPSA) is 122 Å². The molecule has 1 aliphatic rings. The van der Waals surface area contributed by atoms with Crippen LogP contribution in [0.3, 0.4) is 0 Å². The molecule has 0 spiro atoms. The first-order valence-electron chi connectivity index (χ1n) is 9.93. The SMILES string of the molecule is Cc1ccc(C2C(C(=O)NCc3nc4c([nH]3)c(=O)n(C)c(=O)n4C)CC(=O)N2C)cc1. The van der Waals surface area contributed by atoms with Gasteiger partial charge in [-0.15, -0.1) is 0 Å². The highest BCUT2D eigenvalue weighted by atomic mass is 16.2. The molecule has 10 nitrogen and oxygen atoms in total. The van der Waals surface area contributed by atoms with Crippen LogP contribution in [0.25, 0.3) is 11.2 Å². The molecular weight excluding hydrogens is 400 g/mol. The van der Waals surface area contributed by atoms with Gasteiger partial charge in [0.15, 0.2) is 5.65 Å². The third kappa shape index (κ3) is 3.43. The highest BCUT2D eigenvalue weighted by molar-refractivity contribution is 5.90. The Morgan fingerprint density at radius 2 is 1.81 bits per heavy atom. The highest BCUT2D eigenvalue weighted by Crippen LogP contribution is 2.37. The van der Waals surface area contributed by atoms with E-state index in [9.17, 15) is 19.2 Å². The average Bonchev–Trinajstić information content (AvgIpc) is 3.31. The minimum Gasteiger partial charge on any atom is -0.349 e. The Morgan fingerprint density at radius 1 is 1.13 bits per heavy atom. The van der Waals surface area contributed by atoms with Crippen LogP contribution in [0.1, 0.15) is 29.4 Å². The zero-order chi connectivity index (χ0) is 22.4. The Bertz CT molecular complexity index is 1300. The first kappa shape index (κ1) is 20.6. The Morgan fingerprint density at radius 3 is 2.48 bits per heavy atom. The molecule has 10 heteroatoms. The largest absolute Gasteiger partial charge is 0.349 e. The van der Waals surface area contributed by atoms with Gasteiger partial charge >= 0.3 is 5.69 Å². The van der Waals surface area contributed by atoms with Gasteiger partial charge in [-0.1, -0.05) is 29.8 Å². The van der Waals surface area contributed by atoms with Crippen LogP contribution in [-0.2, 0) is 30.2 Å². The Labute approximate surface area is 177 Å². The van der Waals surface area contributed by atoms with Crippen molar-refractivity contribution >= 4 is 23.0 Å². The van der Waals surface area contributed by atoms with Gasteiger partial charge in [0.05, 0.1) is 18.5 Å². The number of carbonyl (C=O) groups excluding carboxylic acids is 2. The molecule has 3 heterocycles. The van der Waals surface area contributed by atoms with Crippen LogP contribution in [0.5, 0.6) is 0 Å². The maximum Gasteiger partial charge on any atom is 0.332 e. The molecule has 2 amide bonds. The van der Waals surface area contributed by atoms with Crippen molar-refractivity contribution in [2.75, 3.05) is 7.05 Å². The van der Waals surface area contributed by atoms with E-state index in [4.69, 9.17) is 0 Å². The second-order valence-electron chi connectivity index (χ2n) is 7.98. The van der Waals surface area contributed by atoms with Gasteiger partial charge < -0.3 is 15.2 Å². The number of aromatic amines is 1. The molecule has 31 heavy (non-hydrogen) atoms. The summed E-state index contributed by atoms with van der Waals surface area (Å²) in [4.78, 5) is 58.5. The molecule has 3 aromatic rings. The normalized spacial score (nSPS) is 18.7. The number of aryl methyl sites for hydroxylation is 2. The van der Waals surface area contributed by atoms with Gasteiger partial charge in [-0.3, -0.25) is 23.5 Å². The zero-order valence-corrected chi connectivity index (χ0v) is 17.8. The summed E-state index contributed by atoms with van der Waals surface area (Å²) < 4.78 is 2.27. The summed E-state index contributed by atoms with van der Waals surface area (Å²) in [6, 6.07) is 7.44. The number of fused-ring (bicyclic) bond motifs is 1. The van der Waals surface area contributed by atoms with Crippen molar-refractivity contribution in [2.24, 2.45) is 20.0 Å². The van der Waals surface area contributed by atoms with Crippen molar-refractivity contribution in [2.45, 2.75) is 25.9 Å². The van der Waals surface area contributed by atoms with E-state index in [0.717, 1.165) is 15.7 Å². The number of rotatable bonds is 4. The van der Waals surface area contributed by atoms with E-state index in [0.29, 0.717) is 5.82 Å². The van der Waals surface area contributed by atoms with E-state index in [2.05, 4.69) is 15.3 Å². The number of likely N-dealkylation sites (tertiary alicyclic amines) is 1. The fourth-order valence-corrected chi connectivity index (χ4v) is 4.08. The van der Waals surface area contributed by atoms with Crippen LogP contribution in [0.15, 0.2) is 33.9 Å². The van der Waals surface area contributed by atoms with Gasteiger partial charge in [-0.25, -0.2) is 9.78 Å². The number of nitrogens with zero attached hydrogens (tertiary/aromatic N) is 4. The molecule has 0 aliphatic carbocycles. The van der Waals surface area contributed by atoms with Gasteiger partial charge in [-0.05, 0) is 12.5 Å². The monoisotopic (exact) mass is 424 g/mol. The summed E-state index contributed by atoms with van der Waals surface area (Å²) in [6.07, 6.45) is 0.121. The first-order valence-corrected chi connectivity index (χ1v) is 9.93. The van der Waals surface area contributed by atoms with E-state index in [1.54, 1.807) is 11.9 Å². The maximum absolute atomic E-state index is 13.0. The predicted octanol–water partition coefficient (Wildman–Crippen LogP) is 0.105. The van der Waals surface area contributed by atoms with Crippen molar-refractivity contribution < 1.29 is 9.59 Å². The van der Waals surface area contributed by atoms with E-state index in [-0.39, 0.29) is 42.0 Å². The molecule has 2 atom stereocenters. The first-order chi connectivity index (χ1) is 14.7. The lowest BCUT2D eigenvalue weighted by atomic mass is 9.92. The van der Waals surface area contributed by atoms with Gasteiger partial charge in [0.1, 0.15) is 11.3 Å². The van der Waals surface area contributed by atoms with Gasteiger partial charge in [0, 0.05) is 27.6 Å². The molecule has 0 saturated carbocycles. The molecule has 1 aromatic carbocycles. The number of nitrogens with one attached hydrogen (secondary N) is 2. The lowest BCUT2D eigenvalue weighted by Crippen LogP contribution is -2.36. The van der Waals surface area contributed by atoms with Crippen molar-refractivity contribution in [3.63, 3.8) is 0 Å². The number of benzene rings is 1. The zero-order valence-electron chi connectivity index (χ0n) is 17.8. The molecule has 1 fully saturated rings. The number of hydrogen-bond acceptors (Lipinski definition) is 5. The fraction of sp³-hybridized carbons (Fsp3) is 0.381. The van der Waals surface area contributed by atoms with E-state index in [1.807, 2.05) is 31.2 Å². The molecule has 4 rings (SSSR count). The molecule has 2 N–H and O–H groups in total. The van der Waals surface area contributed by atoms with E-state index < -0.39 is 17.2 Å². The number of amides is 2. The van der Waals surface area contributed by atoms with E-state index >= 15 is 0 Å². The lowest BCUT2D eigenvalue weighted by Gasteiger charge is -2.25. The summed E-state index contributed by atoms with van der Waals surface area (Å²) >= 11 is 0. The Balaban J connectivity index is 1.56. The third-order valence-electron chi connectivity index (χ3n) is 5.92. The maximum atomic E-state index is 13.0. The highest BCUT2D eigenvalue weighted by Gasteiger charge is 2.42. The van der Waals surface area contributed by atoms with Crippen LogP contribution in [0.4, 0.5) is 0 Å². The lowest BCUT2D eigenvalue weighted by molar-refractivity contribution is -0.128. The minimum absolute atomic E-state index is 0.0415. The summed E-state index contributed by atoms with van der Waals surface area (Å²) in [5.74, 6) is -0.550. The number of H-pyrrole nitrogens is 1. The van der Waals surface area contributed by atoms with Crippen molar-refractivity contribution in [1.29, 1.82) is 0 Å². The number of hydrogen-bond donors (Lipinski definition) is 2. The average molecular weight is 424 g/mol. The molecule has 2 aromatic heterocycles. The third-order valence-corrected chi connectivity index (χ3v) is 5.92. The number of imidazole rings is 1. The van der Waals surface area contributed by atoms with Gasteiger partial charge in [0.2, 0.25) is 11.8 Å². The molecule has 0 radical (unpaired) electrons.